The minimum atomic E-state index is 0.0908. The van der Waals surface area contributed by atoms with Crippen LogP contribution in [-0.2, 0) is 15.9 Å². The third-order valence-corrected chi connectivity index (χ3v) is 4.87. The van der Waals surface area contributed by atoms with Gasteiger partial charge in [0.05, 0.1) is 24.2 Å². The molecule has 0 saturated carbocycles. The van der Waals surface area contributed by atoms with Crippen LogP contribution in [0.1, 0.15) is 18.7 Å². The highest BCUT2D eigenvalue weighted by atomic mass is 32.1. The Bertz CT molecular complexity index is 616. The predicted octanol–water partition coefficient (Wildman–Crippen LogP) is 2.49. The third kappa shape index (κ3) is 3.02. The summed E-state index contributed by atoms with van der Waals surface area (Å²) in [4.78, 5) is 13.7. The van der Waals surface area contributed by atoms with E-state index in [4.69, 9.17) is 9.47 Å². The first-order chi connectivity index (χ1) is 10.2. The number of thiophene rings is 1. The molecule has 1 saturated heterocycles. The van der Waals surface area contributed by atoms with Gasteiger partial charge in [-0.1, -0.05) is 6.92 Å². The highest BCUT2D eigenvalue weighted by molar-refractivity contribution is 7.18. The number of fused-ring (bicyclic) bond motifs is 1. The Hall–Kier alpha value is -1.24. The molecule has 0 spiro atoms. The Labute approximate surface area is 128 Å². The Morgan fingerprint density at radius 3 is 3.05 bits per heavy atom. The normalized spacial score (nSPS) is 22.9. The molecule has 3 rings (SSSR count). The molecule has 3 heterocycles. The van der Waals surface area contributed by atoms with Crippen molar-refractivity contribution in [1.29, 1.82) is 0 Å². The van der Waals surface area contributed by atoms with Gasteiger partial charge in [-0.15, -0.1) is 11.3 Å². The van der Waals surface area contributed by atoms with Crippen molar-refractivity contribution in [3.63, 3.8) is 0 Å². The fourth-order valence-electron chi connectivity index (χ4n) is 2.82. The van der Waals surface area contributed by atoms with Crippen LogP contribution < -0.4 is 4.90 Å². The van der Waals surface area contributed by atoms with E-state index >= 15 is 0 Å². The van der Waals surface area contributed by atoms with Gasteiger partial charge in [0.2, 0.25) is 0 Å². The summed E-state index contributed by atoms with van der Waals surface area (Å²) in [7, 11) is 1.71. The van der Waals surface area contributed by atoms with Crippen LogP contribution in [0.25, 0.3) is 10.2 Å². The maximum Gasteiger partial charge on any atom is 0.140 e. The van der Waals surface area contributed by atoms with E-state index in [1.165, 1.54) is 4.88 Å². The first-order valence-corrected chi connectivity index (χ1v) is 8.15. The second kappa shape index (κ2) is 6.25. The zero-order valence-corrected chi connectivity index (χ0v) is 13.5. The number of ether oxygens (including phenoxy) is 2. The van der Waals surface area contributed by atoms with Gasteiger partial charge >= 0.3 is 0 Å². The van der Waals surface area contributed by atoms with Crippen molar-refractivity contribution >= 4 is 27.4 Å². The summed E-state index contributed by atoms with van der Waals surface area (Å²) in [6.07, 6.45) is 2.96. The van der Waals surface area contributed by atoms with E-state index in [2.05, 4.69) is 34.8 Å². The minimum Gasteiger partial charge on any atom is -0.382 e. The molecular weight excluding hydrogens is 286 g/mol. The summed E-state index contributed by atoms with van der Waals surface area (Å²) < 4.78 is 11.1. The lowest BCUT2D eigenvalue weighted by Gasteiger charge is -2.37. The second-order valence-electron chi connectivity index (χ2n) is 5.41. The number of nitrogens with zero attached hydrogens (tertiary/aromatic N) is 3. The Balaban J connectivity index is 1.93. The number of hydrogen-bond donors (Lipinski definition) is 0. The van der Waals surface area contributed by atoms with E-state index in [9.17, 15) is 0 Å². The van der Waals surface area contributed by atoms with Gasteiger partial charge in [-0.2, -0.15) is 0 Å². The molecule has 0 amide bonds. The quantitative estimate of drug-likeness (QED) is 0.868. The van der Waals surface area contributed by atoms with E-state index in [1.807, 2.05) is 0 Å². The fraction of sp³-hybridized carbons (Fsp3) is 0.600. The van der Waals surface area contributed by atoms with Crippen LogP contribution in [0.5, 0.6) is 0 Å². The lowest BCUT2D eigenvalue weighted by Crippen LogP contribution is -2.48. The summed E-state index contributed by atoms with van der Waals surface area (Å²) in [5.74, 6) is 1.02. The monoisotopic (exact) mass is 307 g/mol. The van der Waals surface area contributed by atoms with Crippen LogP contribution in [0.4, 0.5) is 5.82 Å². The molecule has 2 atom stereocenters. The maximum absolute atomic E-state index is 5.91. The van der Waals surface area contributed by atoms with Crippen molar-refractivity contribution in [2.75, 3.05) is 31.7 Å². The van der Waals surface area contributed by atoms with Gasteiger partial charge in [-0.25, -0.2) is 9.97 Å². The van der Waals surface area contributed by atoms with Gasteiger partial charge in [-0.05, 0) is 19.4 Å². The van der Waals surface area contributed by atoms with Gasteiger partial charge in [0.25, 0.3) is 0 Å². The van der Waals surface area contributed by atoms with Crippen molar-refractivity contribution in [1.82, 2.24) is 9.97 Å². The smallest absolute Gasteiger partial charge is 0.140 e. The molecule has 21 heavy (non-hydrogen) atoms. The molecule has 0 radical (unpaired) electrons. The zero-order chi connectivity index (χ0) is 14.8. The van der Waals surface area contributed by atoms with Crippen molar-refractivity contribution in [2.45, 2.75) is 32.5 Å². The molecule has 2 unspecified atom stereocenters. The van der Waals surface area contributed by atoms with Gasteiger partial charge < -0.3 is 14.4 Å². The molecule has 0 aromatic carbocycles. The van der Waals surface area contributed by atoms with E-state index in [1.54, 1.807) is 24.8 Å². The predicted molar refractivity (Wildman–Crippen MR) is 85.2 cm³/mol. The van der Waals surface area contributed by atoms with Crippen LogP contribution in [0.15, 0.2) is 12.4 Å². The standard InChI is InChI=1S/C15H21N3O2S/c1-4-12-5-13-14(16-9-17-15(13)21-12)18-6-10(2)20-11(7-18)8-19-3/h5,9-11H,4,6-8H2,1-3H3. The van der Waals surface area contributed by atoms with Crippen LogP contribution in [0.3, 0.4) is 0 Å². The molecule has 0 bridgehead atoms. The lowest BCUT2D eigenvalue weighted by atomic mass is 10.2. The molecule has 6 heteroatoms. The van der Waals surface area contributed by atoms with E-state index in [0.717, 1.165) is 35.5 Å². The fourth-order valence-corrected chi connectivity index (χ4v) is 3.74. The SMILES string of the molecule is CCc1cc2c(N3CC(C)OC(COC)C3)ncnc2s1. The van der Waals surface area contributed by atoms with Gasteiger partial charge in [-0.3, -0.25) is 0 Å². The van der Waals surface area contributed by atoms with Crippen LogP contribution in [-0.4, -0.2) is 49.0 Å². The van der Waals surface area contributed by atoms with E-state index in [-0.39, 0.29) is 12.2 Å². The average molecular weight is 307 g/mol. The number of rotatable bonds is 4. The van der Waals surface area contributed by atoms with Crippen molar-refractivity contribution in [3.05, 3.63) is 17.3 Å². The van der Waals surface area contributed by atoms with Crippen molar-refractivity contribution in [3.8, 4) is 0 Å². The number of aryl methyl sites for hydroxylation is 1. The Kier molecular flexibility index (Phi) is 4.37. The highest BCUT2D eigenvalue weighted by Crippen LogP contribution is 2.31. The lowest BCUT2D eigenvalue weighted by molar-refractivity contribution is -0.0512. The Morgan fingerprint density at radius 1 is 1.43 bits per heavy atom. The maximum atomic E-state index is 5.91. The Morgan fingerprint density at radius 2 is 2.29 bits per heavy atom. The first kappa shape index (κ1) is 14.7. The summed E-state index contributed by atoms with van der Waals surface area (Å²) in [6, 6.07) is 2.22. The summed E-state index contributed by atoms with van der Waals surface area (Å²) in [5, 5.41) is 1.16. The highest BCUT2D eigenvalue weighted by Gasteiger charge is 2.27. The average Bonchev–Trinajstić information content (AvgIpc) is 2.90. The zero-order valence-electron chi connectivity index (χ0n) is 12.7. The van der Waals surface area contributed by atoms with Crippen molar-refractivity contribution < 1.29 is 9.47 Å². The van der Waals surface area contributed by atoms with Crippen LogP contribution >= 0.6 is 11.3 Å². The number of hydrogen-bond acceptors (Lipinski definition) is 6. The largest absolute Gasteiger partial charge is 0.382 e. The number of anilines is 1. The summed E-state index contributed by atoms with van der Waals surface area (Å²) in [5.41, 5.74) is 0. The van der Waals surface area contributed by atoms with Crippen LogP contribution in [0.2, 0.25) is 0 Å². The molecule has 2 aromatic rings. The molecule has 5 nitrogen and oxygen atoms in total. The van der Waals surface area contributed by atoms with E-state index < -0.39 is 0 Å². The van der Waals surface area contributed by atoms with E-state index in [0.29, 0.717) is 6.61 Å². The number of aromatic nitrogens is 2. The van der Waals surface area contributed by atoms with Crippen molar-refractivity contribution in [2.24, 2.45) is 0 Å². The summed E-state index contributed by atoms with van der Waals surface area (Å²) >= 11 is 1.75. The second-order valence-corrected chi connectivity index (χ2v) is 6.53. The van der Waals surface area contributed by atoms with Gasteiger partial charge in [0.15, 0.2) is 0 Å². The first-order valence-electron chi connectivity index (χ1n) is 7.34. The molecular formula is C15H21N3O2S. The molecule has 1 fully saturated rings. The van der Waals surface area contributed by atoms with Gasteiger partial charge in [0, 0.05) is 25.1 Å². The molecule has 0 aliphatic carbocycles. The molecule has 2 aromatic heterocycles. The van der Waals surface area contributed by atoms with Gasteiger partial charge in [0.1, 0.15) is 17.0 Å². The molecule has 0 N–H and O–H groups in total. The van der Waals surface area contributed by atoms with Crippen LogP contribution in [0, 0.1) is 0 Å². The minimum absolute atomic E-state index is 0.0908. The topological polar surface area (TPSA) is 47.5 Å². The number of morpholine rings is 1. The molecule has 114 valence electrons. The molecule has 1 aliphatic heterocycles. The summed E-state index contributed by atoms with van der Waals surface area (Å²) in [6.45, 7) is 6.53. The number of methoxy groups -OCH3 is 1. The molecule has 1 aliphatic rings. The third-order valence-electron chi connectivity index (χ3n) is 3.69.